The maximum atomic E-state index is 14.0. The number of sulfonamides is 1. The highest BCUT2D eigenvalue weighted by atomic mass is 32.2. The smallest absolute Gasteiger partial charge is 0.247 e. The molecule has 14 heteroatoms. The van der Waals surface area contributed by atoms with Crippen LogP contribution < -0.4 is 14.5 Å². The van der Waals surface area contributed by atoms with Gasteiger partial charge in [-0.15, -0.1) is 0 Å². The van der Waals surface area contributed by atoms with E-state index in [4.69, 9.17) is 4.74 Å². The van der Waals surface area contributed by atoms with Gasteiger partial charge in [-0.3, -0.25) is 0 Å². The van der Waals surface area contributed by atoms with Crippen LogP contribution in [0.4, 0.5) is 33.7 Å². The number of hydrogen-bond donors (Lipinski definition) is 1. The number of nitrogens with one attached hydrogen (secondary N) is 1. The summed E-state index contributed by atoms with van der Waals surface area (Å²) >= 11 is 0. The van der Waals surface area contributed by atoms with E-state index in [2.05, 4.69) is 9.97 Å². The molecule has 0 radical (unpaired) electrons. The van der Waals surface area contributed by atoms with E-state index in [1.807, 2.05) is 4.72 Å². The van der Waals surface area contributed by atoms with E-state index in [1.165, 1.54) is 13.3 Å². The first-order chi connectivity index (χ1) is 14.5. The normalized spacial score (nSPS) is 19.2. The SMILES string of the molecule is CO[C@@H]1CN(c2ccnc(N(C)C)n2)C[C@@H]1NS(=O)(=O)c1c(F)c(F)c(F)c(F)c1F. The van der Waals surface area contributed by atoms with Gasteiger partial charge in [0.15, 0.2) is 28.2 Å². The van der Waals surface area contributed by atoms with Crippen molar-refractivity contribution in [1.29, 1.82) is 0 Å². The number of halogens is 5. The van der Waals surface area contributed by atoms with E-state index < -0.39 is 56.2 Å². The molecule has 170 valence electrons. The molecule has 0 unspecified atom stereocenters. The zero-order valence-electron chi connectivity index (χ0n) is 16.5. The molecule has 1 fully saturated rings. The Balaban J connectivity index is 1.91. The van der Waals surface area contributed by atoms with Crippen molar-refractivity contribution < 1.29 is 35.1 Å². The standard InChI is InChI=1S/C17H18F5N5O3S/c1-26(2)17-23-5-4-10(24-17)27-6-8(9(7-27)30-3)25-31(28,29)16-14(21)12(19)11(18)13(20)15(16)22/h4-5,8-9,25H,6-7H2,1-3H3/t8-,9+/m0/s1. The molecule has 31 heavy (non-hydrogen) atoms. The van der Waals surface area contributed by atoms with Crippen molar-refractivity contribution in [2.24, 2.45) is 0 Å². The molecule has 1 aromatic carbocycles. The highest BCUT2D eigenvalue weighted by Crippen LogP contribution is 2.28. The number of rotatable bonds is 6. The molecule has 1 aliphatic heterocycles. The van der Waals surface area contributed by atoms with E-state index in [1.54, 1.807) is 30.0 Å². The first-order valence-corrected chi connectivity index (χ1v) is 10.3. The van der Waals surface area contributed by atoms with Crippen LogP contribution in [0.15, 0.2) is 17.2 Å². The molecule has 2 aromatic rings. The fourth-order valence-electron chi connectivity index (χ4n) is 3.12. The lowest BCUT2D eigenvalue weighted by atomic mass is 10.2. The third kappa shape index (κ3) is 4.27. The first kappa shape index (κ1) is 23.1. The fraction of sp³-hybridized carbons (Fsp3) is 0.412. The number of anilines is 2. The van der Waals surface area contributed by atoms with Gasteiger partial charge >= 0.3 is 0 Å². The summed E-state index contributed by atoms with van der Waals surface area (Å²) in [5, 5.41) is 0. The molecule has 0 saturated carbocycles. The largest absolute Gasteiger partial charge is 0.378 e. The molecular weight excluding hydrogens is 449 g/mol. The number of methoxy groups -OCH3 is 1. The molecule has 0 aliphatic carbocycles. The Bertz CT molecular complexity index is 1070. The molecule has 0 spiro atoms. The average molecular weight is 467 g/mol. The van der Waals surface area contributed by atoms with Gasteiger partial charge in [0.1, 0.15) is 5.82 Å². The zero-order chi connectivity index (χ0) is 23.1. The summed E-state index contributed by atoms with van der Waals surface area (Å²) < 4.78 is 101. The number of ether oxygens (including phenoxy) is 1. The van der Waals surface area contributed by atoms with Crippen LogP contribution in [0.25, 0.3) is 0 Å². The van der Waals surface area contributed by atoms with Gasteiger partial charge in [0.2, 0.25) is 21.8 Å². The molecule has 1 aromatic heterocycles. The highest BCUT2D eigenvalue weighted by molar-refractivity contribution is 7.89. The van der Waals surface area contributed by atoms with Crippen molar-refractivity contribution in [3.05, 3.63) is 41.3 Å². The van der Waals surface area contributed by atoms with Gasteiger partial charge in [0.25, 0.3) is 0 Å². The molecule has 1 N–H and O–H groups in total. The van der Waals surface area contributed by atoms with Gasteiger partial charge < -0.3 is 14.5 Å². The minimum atomic E-state index is -5.13. The highest BCUT2D eigenvalue weighted by Gasteiger charge is 2.40. The van der Waals surface area contributed by atoms with Gasteiger partial charge in [-0.1, -0.05) is 0 Å². The first-order valence-electron chi connectivity index (χ1n) is 8.79. The van der Waals surface area contributed by atoms with Crippen LogP contribution in [0.2, 0.25) is 0 Å². The minimum absolute atomic E-state index is 0.0446. The summed E-state index contributed by atoms with van der Waals surface area (Å²) in [4.78, 5) is 9.72. The van der Waals surface area contributed by atoms with Crippen molar-refractivity contribution in [3.8, 4) is 0 Å². The lowest BCUT2D eigenvalue weighted by Crippen LogP contribution is -2.44. The van der Waals surface area contributed by atoms with Crippen LogP contribution in [-0.2, 0) is 14.8 Å². The van der Waals surface area contributed by atoms with E-state index in [0.717, 1.165) is 0 Å². The second-order valence-corrected chi connectivity index (χ2v) is 8.57. The third-order valence-corrected chi connectivity index (χ3v) is 6.17. The predicted octanol–water partition coefficient (Wildman–Crippen LogP) is 1.42. The van der Waals surface area contributed by atoms with Crippen molar-refractivity contribution in [2.45, 2.75) is 17.0 Å². The molecule has 8 nitrogen and oxygen atoms in total. The summed E-state index contributed by atoms with van der Waals surface area (Å²) in [6.07, 6.45) is 0.694. The van der Waals surface area contributed by atoms with E-state index in [-0.39, 0.29) is 13.1 Å². The van der Waals surface area contributed by atoms with Crippen LogP contribution in [0.3, 0.4) is 0 Å². The van der Waals surface area contributed by atoms with Crippen molar-refractivity contribution in [3.63, 3.8) is 0 Å². The van der Waals surface area contributed by atoms with Crippen LogP contribution in [0.5, 0.6) is 0 Å². The molecule has 0 bridgehead atoms. The Kier molecular flexibility index (Phi) is 6.34. The molecule has 1 saturated heterocycles. The molecule has 1 aliphatic rings. The Hall–Kier alpha value is -2.58. The van der Waals surface area contributed by atoms with E-state index in [0.29, 0.717) is 11.8 Å². The molecule has 2 atom stereocenters. The topological polar surface area (TPSA) is 87.7 Å². The van der Waals surface area contributed by atoms with E-state index >= 15 is 0 Å². The summed E-state index contributed by atoms with van der Waals surface area (Å²) in [6.45, 7) is 0.0989. The zero-order valence-corrected chi connectivity index (χ0v) is 17.4. The van der Waals surface area contributed by atoms with Crippen LogP contribution >= 0.6 is 0 Å². The molecule has 0 amide bonds. The lowest BCUT2D eigenvalue weighted by molar-refractivity contribution is 0.104. The fourth-order valence-corrected chi connectivity index (χ4v) is 4.52. The van der Waals surface area contributed by atoms with Crippen molar-refractivity contribution >= 4 is 21.8 Å². The third-order valence-electron chi connectivity index (χ3n) is 4.67. The van der Waals surface area contributed by atoms with Gasteiger partial charge in [-0.25, -0.2) is 40.1 Å². The average Bonchev–Trinajstić information content (AvgIpc) is 3.12. The van der Waals surface area contributed by atoms with Crippen LogP contribution in [-0.4, -0.2) is 64.8 Å². The summed E-state index contributed by atoms with van der Waals surface area (Å²) in [5.74, 6) is -11.2. The van der Waals surface area contributed by atoms with Gasteiger partial charge in [0.05, 0.1) is 12.1 Å². The summed E-state index contributed by atoms with van der Waals surface area (Å²) in [6, 6.07) is 0.503. The molecular formula is C17H18F5N5O3S. The number of aromatic nitrogens is 2. The quantitative estimate of drug-likeness (QED) is 0.391. The van der Waals surface area contributed by atoms with Crippen molar-refractivity contribution in [1.82, 2.24) is 14.7 Å². The lowest BCUT2D eigenvalue weighted by Gasteiger charge is -2.19. The summed E-state index contributed by atoms with van der Waals surface area (Å²) in [5.41, 5.74) is 0. The monoisotopic (exact) mass is 467 g/mol. The Morgan fingerprint density at radius 2 is 1.65 bits per heavy atom. The summed E-state index contributed by atoms with van der Waals surface area (Å²) in [7, 11) is -0.392. The van der Waals surface area contributed by atoms with Crippen LogP contribution in [0.1, 0.15) is 0 Å². The Morgan fingerprint density at radius 3 is 2.19 bits per heavy atom. The van der Waals surface area contributed by atoms with Crippen molar-refractivity contribution in [2.75, 3.05) is 44.1 Å². The van der Waals surface area contributed by atoms with Gasteiger partial charge in [-0.2, -0.15) is 4.98 Å². The molecule has 3 rings (SSSR count). The second-order valence-electron chi connectivity index (χ2n) is 6.92. The Morgan fingerprint density at radius 1 is 1.06 bits per heavy atom. The molecule has 2 heterocycles. The second kappa shape index (κ2) is 8.51. The number of nitrogens with zero attached hydrogens (tertiary/aromatic N) is 4. The number of benzene rings is 1. The maximum absolute atomic E-state index is 14.0. The van der Waals surface area contributed by atoms with E-state index in [9.17, 15) is 30.4 Å². The van der Waals surface area contributed by atoms with Gasteiger partial charge in [-0.05, 0) is 6.07 Å². The predicted molar refractivity (Wildman–Crippen MR) is 99.7 cm³/mol. The number of hydrogen-bond acceptors (Lipinski definition) is 7. The minimum Gasteiger partial charge on any atom is -0.378 e. The Labute approximate surface area is 174 Å². The van der Waals surface area contributed by atoms with Crippen LogP contribution in [0, 0.1) is 29.1 Å². The van der Waals surface area contributed by atoms with Gasteiger partial charge in [0, 0.05) is 40.5 Å². The maximum Gasteiger partial charge on any atom is 0.247 e.